The lowest BCUT2D eigenvalue weighted by molar-refractivity contribution is -0.114. The van der Waals surface area contributed by atoms with E-state index in [9.17, 15) is 13.6 Å². The minimum Gasteiger partial charge on any atom is -0.485 e. The number of rotatable bonds is 7. The van der Waals surface area contributed by atoms with Gasteiger partial charge in [0, 0.05) is 31.7 Å². The van der Waals surface area contributed by atoms with Crippen molar-refractivity contribution in [1.82, 2.24) is 20.1 Å². The molecule has 0 radical (unpaired) electrons. The number of pyridine rings is 1. The predicted octanol–water partition coefficient (Wildman–Crippen LogP) is 3.87. The van der Waals surface area contributed by atoms with Gasteiger partial charge in [-0.2, -0.15) is 8.78 Å². The molecule has 0 bridgehead atoms. The summed E-state index contributed by atoms with van der Waals surface area (Å²) in [5, 5.41) is 9.29. The van der Waals surface area contributed by atoms with E-state index in [0.717, 1.165) is 12.5 Å². The van der Waals surface area contributed by atoms with Crippen LogP contribution in [0.1, 0.15) is 36.6 Å². The quantitative estimate of drug-likeness (QED) is 0.594. The van der Waals surface area contributed by atoms with Gasteiger partial charge in [-0.15, -0.1) is 0 Å². The van der Waals surface area contributed by atoms with Crippen molar-refractivity contribution in [3.63, 3.8) is 0 Å². The molecular formula is C19H20F2N6O3. The number of carbonyl (C=O) groups excluding carboxylic acids is 1. The van der Waals surface area contributed by atoms with Crippen LogP contribution < -0.4 is 15.4 Å². The zero-order valence-corrected chi connectivity index (χ0v) is 16.8. The summed E-state index contributed by atoms with van der Waals surface area (Å²) in [6.45, 7) is 5.57. The molecule has 3 heterocycles. The van der Waals surface area contributed by atoms with Gasteiger partial charge in [0.1, 0.15) is 24.5 Å². The van der Waals surface area contributed by atoms with E-state index >= 15 is 0 Å². The fourth-order valence-electron chi connectivity index (χ4n) is 2.48. The monoisotopic (exact) mass is 418 g/mol. The number of aryl methyl sites for hydroxylation is 2. The van der Waals surface area contributed by atoms with Crippen LogP contribution in [0.2, 0.25) is 0 Å². The molecule has 0 atom stereocenters. The van der Waals surface area contributed by atoms with Crippen molar-refractivity contribution in [2.75, 3.05) is 10.6 Å². The second-order valence-corrected chi connectivity index (χ2v) is 6.69. The van der Waals surface area contributed by atoms with Gasteiger partial charge >= 0.3 is 5.92 Å². The maximum absolute atomic E-state index is 13.7. The Labute approximate surface area is 170 Å². The van der Waals surface area contributed by atoms with Crippen LogP contribution in [-0.2, 0) is 17.3 Å². The van der Waals surface area contributed by atoms with E-state index in [4.69, 9.17) is 9.26 Å². The van der Waals surface area contributed by atoms with Crippen LogP contribution in [0.15, 0.2) is 29.1 Å². The van der Waals surface area contributed by atoms with Crippen LogP contribution in [0.4, 0.5) is 26.1 Å². The molecule has 11 heteroatoms. The average Bonchev–Trinajstić information content (AvgIpc) is 3.04. The Hall–Kier alpha value is -3.63. The molecule has 0 aliphatic heterocycles. The topological polar surface area (TPSA) is 115 Å². The van der Waals surface area contributed by atoms with Gasteiger partial charge < -0.3 is 19.9 Å². The second-order valence-electron chi connectivity index (χ2n) is 6.69. The smallest absolute Gasteiger partial charge is 0.303 e. The van der Waals surface area contributed by atoms with Gasteiger partial charge in [0.15, 0.2) is 5.75 Å². The highest BCUT2D eigenvalue weighted by Crippen LogP contribution is 2.31. The van der Waals surface area contributed by atoms with E-state index in [0.29, 0.717) is 22.8 Å². The Morgan fingerprint density at radius 2 is 2.00 bits per heavy atom. The van der Waals surface area contributed by atoms with Crippen molar-refractivity contribution in [1.29, 1.82) is 0 Å². The SMILES string of the molecule is CC(=O)Nc1cc(Nc2cc(C)nc(C(C)(F)F)n2)c(OCc2conc2C)cn1. The summed E-state index contributed by atoms with van der Waals surface area (Å²) in [5.74, 6) is -3.41. The summed E-state index contributed by atoms with van der Waals surface area (Å²) in [6.07, 6.45) is 2.87. The second kappa shape index (κ2) is 8.39. The molecule has 1 amide bonds. The first-order valence-electron chi connectivity index (χ1n) is 8.93. The first-order valence-corrected chi connectivity index (χ1v) is 8.93. The Morgan fingerprint density at radius 1 is 1.23 bits per heavy atom. The maximum atomic E-state index is 13.7. The standard InChI is InChI=1S/C19H20F2N6O3/c1-10-5-17(26-18(23-10)19(4,20)21)25-14-6-16(24-12(3)28)22-7-15(14)29-8-13-9-30-27-11(13)2/h5-7,9H,8H2,1-4H3,(H2,22,23,24,25,26,28). The number of aromatic nitrogens is 4. The van der Waals surface area contributed by atoms with Gasteiger partial charge in [-0.25, -0.2) is 15.0 Å². The summed E-state index contributed by atoms with van der Waals surface area (Å²) in [4.78, 5) is 23.2. The number of nitrogens with one attached hydrogen (secondary N) is 2. The summed E-state index contributed by atoms with van der Waals surface area (Å²) in [6, 6.07) is 3.03. The normalized spacial score (nSPS) is 11.3. The zero-order chi connectivity index (χ0) is 21.9. The average molecular weight is 418 g/mol. The third-order valence-electron chi connectivity index (χ3n) is 3.91. The van der Waals surface area contributed by atoms with Crippen LogP contribution >= 0.6 is 0 Å². The van der Waals surface area contributed by atoms with Crippen molar-refractivity contribution < 1.29 is 22.8 Å². The molecule has 2 N–H and O–H groups in total. The number of halogens is 2. The molecule has 0 aliphatic carbocycles. The predicted molar refractivity (Wildman–Crippen MR) is 104 cm³/mol. The van der Waals surface area contributed by atoms with E-state index < -0.39 is 11.7 Å². The van der Waals surface area contributed by atoms with Crippen LogP contribution in [0.5, 0.6) is 5.75 Å². The molecular weight excluding hydrogens is 398 g/mol. The summed E-state index contributed by atoms with van der Waals surface area (Å²) >= 11 is 0. The lowest BCUT2D eigenvalue weighted by atomic mass is 10.3. The fraction of sp³-hybridized carbons (Fsp3) is 0.316. The number of carbonyl (C=O) groups is 1. The van der Waals surface area contributed by atoms with Gasteiger partial charge in [0.25, 0.3) is 0 Å². The molecule has 0 spiro atoms. The van der Waals surface area contributed by atoms with E-state index in [1.165, 1.54) is 31.5 Å². The molecule has 158 valence electrons. The molecule has 0 aliphatic rings. The molecule has 0 saturated heterocycles. The maximum Gasteiger partial charge on any atom is 0.303 e. The number of ether oxygens (including phenoxy) is 1. The molecule has 3 aromatic heterocycles. The fourth-order valence-corrected chi connectivity index (χ4v) is 2.48. The van der Waals surface area contributed by atoms with Crippen molar-refractivity contribution >= 4 is 23.2 Å². The Balaban J connectivity index is 1.93. The highest BCUT2D eigenvalue weighted by atomic mass is 19.3. The number of alkyl halides is 2. The Kier molecular flexibility index (Phi) is 5.90. The number of hydrogen-bond acceptors (Lipinski definition) is 8. The Bertz CT molecular complexity index is 1060. The highest BCUT2D eigenvalue weighted by molar-refractivity contribution is 5.88. The molecule has 0 unspecified atom stereocenters. The first-order chi connectivity index (χ1) is 14.1. The van der Waals surface area contributed by atoms with E-state index in [1.807, 2.05) is 0 Å². The van der Waals surface area contributed by atoms with Crippen LogP contribution in [0, 0.1) is 13.8 Å². The minimum absolute atomic E-state index is 0.144. The lowest BCUT2D eigenvalue weighted by Gasteiger charge is -2.16. The molecule has 0 fully saturated rings. The van der Waals surface area contributed by atoms with Crippen molar-refractivity contribution in [2.45, 2.75) is 40.2 Å². The van der Waals surface area contributed by atoms with Gasteiger partial charge in [-0.1, -0.05) is 5.16 Å². The van der Waals surface area contributed by atoms with Crippen LogP contribution in [0.3, 0.4) is 0 Å². The number of nitrogens with zero attached hydrogens (tertiary/aromatic N) is 4. The van der Waals surface area contributed by atoms with Gasteiger partial charge in [0.05, 0.1) is 23.1 Å². The molecule has 3 aromatic rings. The van der Waals surface area contributed by atoms with Gasteiger partial charge in [-0.3, -0.25) is 4.79 Å². The van der Waals surface area contributed by atoms with Crippen molar-refractivity contribution in [2.24, 2.45) is 0 Å². The summed E-state index contributed by atoms with van der Waals surface area (Å²) < 4.78 is 38.1. The van der Waals surface area contributed by atoms with Crippen LogP contribution in [0.25, 0.3) is 0 Å². The van der Waals surface area contributed by atoms with Crippen LogP contribution in [-0.4, -0.2) is 26.0 Å². The molecule has 3 rings (SSSR count). The van der Waals surface area contributed by atoms with Gasteiger partial charge in [-0.05, 0) is 13.8 Å². The number of anilines is 3. The summed E-state index contributed by atoms with van der Waals surface area (Å²) in [5.41, 5.74) is 2.14. The van der Waals surface area contributed by atoms with Crippen molar-refractivity contribution in [3.05, 3.63) is 47.4 Å². The van der Waals surface area contributed by atoms with Crippen molar-refractivity contribution in [3.8, 4) is 5.75 Å². The minimum atomic E-state index is -3.20. The summed E-state index contributed by atoms with van der Waals surface area (Å²) in [7, 11) is 0. The van der Waals surface area contributed by atoms with E-state index in [2.05, 4.69) is 30.7 Å². The molecule has 9 nitrogen and oxygen atoms in total. The molecule has 0 aromatic carbocycles. The largest absolute Gasteiger partial charge is 0.485 e. The molecule has 30 heavy (non-hydrogen) atoms. The molecule has 0 saturated carbocycles. The lowest BCUT2D eigenvalue weighted by Crippen LogP contribution is -2.14. The third-order valence-corrected chi connectivity index (χ3v) is 3.91. The third kappa shape index (κ3) is 5.25. The van der Waals surface area contributed by atoms with E-state index in [-0.39, 0.29) is 24.1 Å². The van der Waals surface area contributed by atoms with E-state index in [1.54, 1.807) is 13.8 Å². The number of amides is 1. The number of hydrogen-bond donors (Lipinski definition) is 2. The van der Waals surface area contributed by atoms with Gasteiger partial charge in [0.2, 0.25) is 11.7 Å². The highest BCUT2D eigenvalue weighted by Gasteiger charge is 2.29. The zero-order valence-electron chi connectivity index (χ0n) is 16.8. The first kappa shape index (κ1) is 21.1. The Morgan fingerprint density at radius 3 is 2.63 bits per heavy atom.